The van der Waals surface area contributed by atoms with Crippen molar-refractivity contribution in [3.8, 4) is 11.4 Å². The second kappa shape index (κ2) is 9.97. The standard InChI is InChI=1S/C23H25N5O3S/c1-16(22-25-21(26-31-22)17-7-3-2-4-8-17)27-11-13-28(14-12-27)23(30)18-9-5-6-10-19(18)32-15-20(24)29/h2-10,16H,11-15H2,1H3,(H2,24,29). The Hall–Kier alpha value is -3.17. The molecule has 0 spiro atoms. The van der Waals surface area contributed by atoms with Crippen molar-refractivity contribution in [3.05, 3.63) is 66.1 Å². The van der Waals surface area contributed by atoms with Crippen LogP contribution in [0.15, 0.2) is 64.0 Å². The fraction of sp³-hybridized carbons (Fsp3) is 0.304. The summed E-state index contributed by atoms with van der Waals surface area (Å²) in [6.45, 7) is 4.63. The van der Waals surface area contributed by atoms with Gasteiger partial charge in [-0.05, 0) is 19.1 Å². The number of rotatable bonds is 7. The van der Waals surface area contributed by atoms with Crippen LogP contribution in [0.5, 0.6) is 0 Å². The Bertz CT molecular complexity index is 1080. The first-order valence-corrected chi connectivity index (χ1v) is 11.4. The van der Waals surface area contributed by atoms with Crippen molar-refractivity contribution >= 4 is 23.6 Å². The number of thioether (sulfide) groups is 1. The van der Waals surface area contributed by atoms with Crippen molar-refractivity contribution in [2.45, 2.75) is 17.9 Å². The van der Waals surface area contributed by atoms with E-state index in [9.17, 15) is 9.59 Å². The van der Waals surface area contributed by atoms with Gasteiger partial charge in [-0.25, -0.2) is 0 Å². The number of piperazine rings is 1. The van der Waals surface area contributed by atoms with E-state index in [1.807, 2.05) is 60.4 Å². The summed E-state index contributed by atoms with van der Waals surface area (Å²) in [5.74, 6) is 0.846. The van der Waals surface area contributed by atoms with Crippen LogP contribution in [0.2, 0.25) is 0 Å². The van der Waals surface area contributed by atoms with Crippen LogP contribution in [0.4, 0.5) is 0 Å². The first-order chi connectivity index (χ1) is 15.5. The van der Waals surface area contributed by atoms with Gasteiger partial charge >= 0.3 is 0 Å². The summed E-state index contributed by atoms with van der Waals surface area (Å²) < 4.78 is 5.52. The monoisotopic (exact) mass is 451 g/mol. The lowest BCUT2D eigenvalue weighted by Crippen LogP contribution is -2.49. The molecule has 2 N–H and O–H groups in total. The summed E-state index contributed by atoms with van der Waals surface area (Å²) >= 11 is 1.29. The number of hydrogen-bond acceptors (Lipinski definition) is 7. The number of benzene rings is 2. The smallest absolute Gasteiger partial charge is 0.255 e. The highest BCUT2D eigenvalue weighted by Gasteiger charge is 2.29. The SMILES string of the molecule is CC(c1nc(-c2ccccc2)no1)N1CCN(C(=O)c2ccccc2SCC(N)=O)CC1. The number of hydrogen-bond donors (Lipinski definition) is 1. The van der Waals surface area contributed by atoms with Crippen LogP contribution in [-0.4, -0.2) is 63.7 Å². The molecule has 0 bridgehead atoms. The quantitative estimate of drug-likeness (QED) is 0.551. The number of aromatic nitrogens is 2. The van der Waals surface area contributed by atoms with Gasteiger partial charge in [-0.3, -0.25) is 14.5 Å². The number of nitrogens with two attached hydrogens (primary N) is 1. The number of amides is 2. The fourth-order valence-corrected chi connectivity index (χ4v) is 4.45. The van der Waals surface area contributed by atoms with Crippen LogP contribution in [-0.2, 0) is 4.79 Å². The topological polar surface area (TPSA) is 106 Å². The van der Waals surface area contributed by atoms with Gasteiger partial charge in [-0.15, -0.1) is 11.8 Å². The number of carbonyl (C=O) groups excluding carboxylic acids is 2. The molecule has 1 unspecified atom stereocenters. The molecule has 1 aliphatic heterocycles. The van der Waals surface area contributed by atoms with Gasteiger partial charge in [-0.2, -0.15) is 4.98 Å². The van der Waals surface area contributed by atoms with E-state index < -0.39 is 5.91 Å². The molecule has 0 radical (unpaired) electrons. The molecule has 166 valence electrons. The fourth-order valence-electron chi connectivity index (χ4n) is 3.67. The molecule has 3 aromatic rings. The van der Waals surface area contributed by atoms with Gasteiger partial charge in [0.25, 0.3) is 5.91 Å². The van der Waals surface area contributed by atoms with E-state index in [1.165, 1.54) is 11.8 Å². The predicted octanol–water partition coefficient (Wildman–Crippen LogP) is 2.83. The molecular weight excluding hydrogens is 426 g/mol. The van der Waals surface area contributed by atoms with Crippen molar-refractivity contribution < 1.29 is 14.1 Å². The van der Waals surface area contributed by atoms with Gasteiger partial charge < -0.3 is 15.2 Å². The van der Waals surface area contributed by atoms with Crippen LogP contribution in [0.1, 0.15) is 29.2 Å². The van der Waals surface area contributed by atoms with Crippen molar-refractivity contribution in [1.82, 2.24) is 19.9 Å². The second-order valence-electron chi connectivity index (χ2n) is 7.58. The first kappa shape index (κ1) is 22.0. The maximum absolute atomic E-state index is 13.1. The van der Waals surface area contributed by atoms with Crippen LogP contribution >= 0.6 is 11.8 Å². The Morgan fingerprint density at radius 1 is 1.06 bits per heavy atom. The average molecular weight is 452 g/mol. The molecule has 0 saturated carbocycles. The second-order valence-corrected chi connectivity index (χ2v) is 8.59. The zero-order chi connectivity index (χ0) is 22.5. The molecule has 2 amide bonds. The van der Waals surface area contributed by atoms with Gasteiger partial charge in [0.05, 0.1) is 17.4 Å². The highest BCUT2D eigenvalue weighted by molar-refractivity contribution is 8.00. The molecule has 32 heavy (non-hydrogen) atoms. The Kier molecular flexibility index (Phi) is 6.87. The minimum atomic E-state index is -0.406. The first-order valence-electron chi connectivity index (χ1n) is 10.5. The Balaban J connectivity index is 1.38. The molecule has 1 aromatic heterocycles. The molecule has 0 aliphatic carbocycles. The Morgan fingerprint density at radius 2 is 1.75 bits per heavy atom. The largest absolute Gasteiger partial charge is 0.369 e. The molecule has 8 nitrogen and oxygen atoms in total. The molecule has 9 heteroatoms. The van der Waals surface area contributed by atoms with Gasteiger partial charge in [0.2, 0.25) is 17.6 Å². The zero-order valence-electron chi connectivity index (χ0n) is 17.8. The van der Waals surface area contributed by atoms with E-state index in [-0.39, 0.29) is 17.7 Å². The summed E-state index contributed by atoms with van der Waals surface area (Å²) in [7, 11) is 0. The van der Waals surface area contributed by atoms with Gasteiger partial charge in [0, 0.05) is 36.6 Å². The van der Waals surface area contributed by atoms with E-state index in [2.05, 4.69) is 15.0 Å². The van der Waals surface area contributed by atoms with E-state index in [0.717, 1.165) is 10.5 Å². The lowest BCUT2D eigenvalue weighted by atomic mass is 10.1. The summed E-state index contributed by atoms with van der Waals surface area (Å²) in [5, 5.41) is 4.11. The Labute approximate surface area is 190 Å². The summed E-state index contributed by atoms with van der Waals surface area (Å²) in [4.78, 5) is 33.7. The molecule has 1 aliphatic rings. The molecule has 2 heterocycles. The van der Waals surface area contributed by atoms with Gasteiger partial charge in [-0.1, -0.05) is 47.6 Å². The lowest BCUT2D eigenvalue weighted by Gasteiger charge is -2.37. The molecule has 1 atom stereocenters. The summed E-state index contributed by atoms with van der Waals surface area (Å²) in [5.41, 5.74) is 6.77. The number of nitrogens with zero attached hydrogens (tertiary/aromatic N) is 4. The highest BCUT2D eigenvalue weighted by Crippen LogP contribution is 2.26. The van der Waals surface area contributed by atoms with Crippen LogP contribution < -0.4 is 5.73 Å². The zero-order valence-corrected chi connectivity index (χ0v) is 18.6. The third-order valence-corrected chi connectivity index (χ3v) is 6.56. The van der Waals surface area contributed by atoms with Crippen molar-refractivity contribution in [2.75, 3.05) is 31.9 Å². The molecule has 4 rings (SSSR count). The van der Waals surface area contributed by atoms with E-state index >= 15 is 0 Å². The van der Waals surface area contributed by atoms with Crippen molar-refractivity contribution in [1.29, 1.82) is 0 Å². The summed E-state index contributed by atoms with van der Waals surface area (Å²) in [6.07, 6.45) is 0. The van der Waals surface area contributed by atoms with E-state index in [0.29, 0.717) is 43.5 Å². The lowest BCUT2D eigenvalue weighted by molar-refractivity contribution is -0.115. The van der Waals surface area contributed by atoms with Gasteiger partial charge in [0.15, 0.2) is 0 Å². The normalized spacial score (nSPS) is 15.5. The van der Waals surface area contributed by atoms with Crippen LogP contribution in [0.25, 0.3) is 11.4 Å². The minimum absolute atomic E-state index is 0.0333. The summed E-state index contributed by atoms with van der Waals surface area (Å²) in [6, 6.07) is 17.0. The molecule has 1 saturated heterocycles. The average Bonchev–Trinajstić information content (AvgIpc) is 3.33. The number of carbonyl (C=O) groups is 2. The molecule has 2 aromatic carbocycles. The van der Waals surface area contributed by atoms with Crippen molar-refractivity contribution in [2.24, 2.45) is 5.73 Å². The van der Waals surface area contributed by atoms with Crippen molar-refractivity contribution in [3.63, 3.8) is 0 Å². The Morgan fingerprint density at radius 3 is 2.47 bits per heavy atom. The maximum atomic E-state index is 13.1. The highest BCUT2D eigenvalue weighted by atomic mass is 32.2. The molecular formula is C23H25N5O3S. The molecule has 1 fully saturated rings. The van der Waals surface area contributed by atoms with Crippen LogP contribution in [0, 0.1) is 0 Å². The van der Waals surface area contributed by atoms with E-state index in [4.69, 9.17) is 10.3 Å². The predicted molar refractivity (Wildman–Crippen MR) is 122 cm³/mol. The maximum Gasteiger partial charge on any atom is 0.255 e. The van der Waals surface area contributed by atoms with E-state index in [1.54, 1.807) is 6.07 Å². The van der Waals surface area contributed by atoms with Crippen LogP contribution in [0.3, 0.4) is 0 Å². The minimum Gasteiger partial charge on any atom is -0.369 e. The van der Waals surface area contributed by atoms with Gasteiger partial charge in [0.1, 0.15) is 0 Å². The number of primary amides is 1. The third-order valence-electron chi connectivity index (χ3n) is 5.47. The third kappa shape index (κ3) is 5.00.